The van der Waals surface area contributed by atoms with E-state index < -0.39 is 18.3 Å². The van der Waals surface area contributed by atoms with E-state index in [0.717, 1.165) is 11.2 Å². The molecule has 2 aromatic rings. The molecule has 6 heteroatoms. The van der Waals surface area contributed by atoms with Gasteiger partial charge in [0, 0.05) is 12.4 Å². The number of benzene rings is 1. The lowest BCUT2D eigenvalue weighted by Crippen LogP contribution is -2.41. The average molecular weight is 295 g/mol. The maximum absolute atomic E-state index is 9.27. The summed E-state index contributed by atoms with van der Waals surface area (Å²) in [5.74, 6) is 0. The van der Waals surface area contributed by atoms with Crippen molar-refractivity contribution in [3.63, 3.8) is 0 Å². The maximum Gasteiger partial charge on any atom is 0.494 e. The Kier molecular flexibility index (Phi) is 3.35. The quantitative estimate of drug-likeness (QED) is 0.796. The van der Waals surface area contributed by atoms with Gasteiger partial charge in [0.15, 0.2) is 0 Å². The normalized spacial score (nSPS) is 19.1. The van der Waals surface area contributed by atoms with Crippen LogP contribution in [0.15, 0.2) is 36.7 Å². The second-order valence-corrected chi connectivity index (χ2v) is 6.46. The van der Waals surface area contributed by atoms with E-state index in [0.29, 0.717) is 5.56 Å². The zero-order chi connectivity index (χ0) is 16.0. The van der Waals surface area contributed by atoms with Crippen molar-refractivity contribution in [2.45, 2.75) is 38.9 Å². The van der Waals surface area contributed by atoms with E-state index in [2.05, 4.69) is 11.2 Å². The van der Waals surface area contributed by atoms with Gasteiger partial charge >= 0.3 is 7.12 Å². The molecule has 0 N–H and O–H groups in total. The SMILES string of the molecule is CC1(C)OB(c2cc(C#N)cc(-n3cccn3)c2)OC1(C)C. The van der Waals surface area contributed by atoms with Gasteiger partial charge in [-0.1, -0.05) is 0 Å². The lowest BCUT2D eigenvalue weighted by Gasteiger charge is -2.32. The minimum Gasteiger partial charge on any atom is -0.399 e. The standard InChI is InChI=1S/C16H18BN3O2/c1-15(2)16(3,4)22-17(21-15)13-8-12(11-18)9-14(10-13)20-7-5-6-19-20/h5-10H,1-4H3. The van der Waals surface area contributed by atoms with Gasteiger partial charge in [0.2, 0.25) is 0 Å². The fourth-order valence-corrected chi connectivity index (χ4v) is 2.37. The van der Waals surface area contributed by atoms with Crippen LogP contribution in [0.2, 0.25) is 0 Å². The fourth-order valence-electron chi connectivity index (χ4n) is 2.37. The molecule has 22 heavy (non-hydrogen) atoms. The molecule has 1 aliphatic heterocycles. The molecule has 5 nitrogen and oxygen atoms in total. The Morgan fingerprint density at radius 3 is 2.36 bits per heavy atom. The van der Waals surface area contributed by atoms with Crippen LogP contribution in [0.25, 0.3) is 5.69 Å². The van der Waals surface area contributed by atoms with Gasteiger partial charge in [0.25, 0.3) is 0 Å². The number of hydrogen-bond acceptors (Lipinski definition) is 4. The molecule has 0 saturated carbocycles. The van der Waals surface area contributed by atoms with Crippen molar-refractivity contribution in [3.05, 3.63) is 42.2 Å². The van der Waals surface area contributed by atoms with Gasteiger partial charge in [-0.3, -0.25) is 0 Å². The first kappa shape index (κ1) is 14.8. The Bertz CT molecular complexity index is 716. The monoisotopic (exact) mass is 295 g/mol. The van der Waals surface area contributed by atoms with Crippen LogP contribution in [0.1, 0.15) is 33.3 Å². The highest BCUT2D eigenvalue weighted by Gasteiger charge is 2.51. The van der Waals surface area contributed by atoms with Crippen LogP contribution in [0, 0.1) is 11.3 Å². The Balaban J connectivity index is 2.02. The van der Waals surface area contributed by atoms with Crippen molar-refractivity contribution in [1.82, 2.24) is 9.78 Å². The highest BCUT2D eigenvalue weighted by Crippen LogP contribution is 2.36. The molecule has 2 heterocycles. The topological polar surface area (TPSA) is 60.1 Å². The smallest absolute Gasteiger partial charge is 0.399 e. The molecule has 112 valence electrons. The number of aromatic nitrogens is 2. The van der Waals surface area contributed by atoms with Crippen LogP contribution in [-0.2, 0) is 9.31 Å². The van der Waals surface area contributed by atoms with Crippen LogP contribution < -0.4 is 5.46 Å². The lowest BCUT2D eigenvalue weighted by atomic mass is 9.78. The molecule has 0 atom stereocenters. The first-order chi connectivity index (χ1) is 10.3. The van der Waals surface area contributed by atoms with Gasteiger partial charge in [0.1, 0.15) is 0 Å². The molecule has 0 unspecified atom stereocenters. The first-order valence-electron chi connectivity index (χ1n) is 7.23. The fraction of sp³-hybridized carbons (Fsp3) is 0.375. The van der Waals surface area contributed by atoms with E-state index in [1.165, 1.54) is 0 Å². The predicted octanol–water partition coefficient (Wildman–Crippen LogP) is 2.04. The van der Waals surface area contributed by atoms with Gasteiger partial charge in [-0.25, -0.2) is 4.68 Å². The van der Waals surface area contributed by atoms with E-state index in [1.807, 2.05) is 46.0 Å². The average Bonchev–Trinajstić information content (AvgIpc) is 3.05. The van der Waals surface area contributed by atoms with Crippen LogP contribution in [0.5, 0.6) is 0 Å². The summed E-state index contributed by atoms with van der Waals surface area (Å²) >= 11 is 0. The maximum atomic E-state index is 9.27. The summed E-state index contributed by atoms with van der Waals surface area (Å²) in [5.41, 5.74) is 1.37. The molecular weight excluding hydrogens is 277 g/mol. The lowest BCUT2D eigenvalue weighted by molar-refractivity contribution is 0.00578. The van der Waals surface area contributed by atoms with Crippen molar-refractivity contribution in [3.8, 4) is 11.8 Å². The largest absolute Gasteiger partial charge is 0.494 e. The highest BCUT2D eigenvalue weighted by molar-refractivity contribution is 6.62. The molecule has 1 fully saturated rings. The molecule has 1 saturated heterocycles. The van der Waals surface area contributed by atoms with Crippen molar-refractivity contribution in [2.24, 2.45) is 0 Å². The van der Waals surface area contributed by atoms with Crippen molar-refractivity contribution < 1.29 is 9.31 Å². The van der Waals surface area contributed by atoms with Crippen molar-refractivity contribution >= 4 is 12.6 Å². The molecule has 0 amide bonds. The second kappa shape index (κ2) is 4.97. The van der Waals surface area contributed by atoms with Crippen LogP contribution in [-0.4, -0.2) is 28.1 Å². The second-order valence-electron chi connectivity index (χ2n) is 6.46. The van der Waals surface area contributed by atoms with Gasteiger partial charge in [-0.15, -0.1) is 0 Å². The molecule has 0 aliphatic carbocycles. The summed E-state index contributed by atoms with van der Waals surface area (Å²) in [4.78, 5) is 0. The molecule has 1 aromatic carbocycles. The third-order valence-corrected chi connectivity index (χ3v) is 4.36. The minimum atomic E-state index is -0.493. The third-order valence-electron chi connectivity index (χ3n) is 4.36. The summed E-state index contributed by atoms with van der Waals surface area (Å²) in [5, 5.41) is 13.5. The van der Waals surface area contributed by atoms with E-state index in [1.54, 1.807) is 23.0 Å². The summed E-state index contributed by atoms with van der Waals surface area (Å²) in [7, 11) is -0.493. The summed E-state index contributed by atoms with van der Waals surface area (Å²) in [6.45, 7) is 8.04. The Labute approximate surface area is 130 Å². The third kappa shape index (κ3) is 2.43. The van der Waals surface area contributed by atoms with Gasteiger partial charge in [-0.05, 0) is 57.4 Å². The molecule has 0 bridgehead atoms. The number of hydrogen-bond donors (Lipinski definition) is 0. The summed E-state index contributed by atoms with van der Waals surface area (Å²) in [6, 6.07) is 9.56. The Hall–Kier alpha value is -2.10. The zero-order valence-electron chi connectivity index (χ0n) is 13.2. The Morgan fingerprint density at radius 1 is 1.14 bits per heavy atom. The Morgan fingerprint density at radius 2 is 1.82 bits per heavy atom. The molecule has 1 aromatic heterocycles. The molecular formula is C16H18BN3O2. The van der Waals surface area contributed by atoms with Crippen molar-refractivity contribution in [2.75, 3.05) is 0 Å². The van der Waals surface area contributed by atoms with Crippen molar-refractivity contribution in [1.29, 1.82) is 5.26 Å². The number of nitriles is 1. The van der Waals surface area contributed by atoms with Crippen LogP contribution >= 0.6 is 0 Å². The van der Waals surface area contributed by atoms with Gasteiger partial charge < -0.3 is 9.31 Å². The van der Waals surface area contributed by atoms with E-state index in [-0.39, 0.29) is 0 Å². The van der Waals surface area contributed by atoms with Crippen LogP contribution in [0.3, 0.4) is 0 Å². The molecule has 0 radical (unpaired) electrons. The number of nitrogens with zero attached hydrogens (tertiary/aromatic N) is 3. The van der Waals surface area contributed by atoms with Gasteiger partial charge in [0.05, 0.1) is 28.5 Å². The molecule has 3 rings (SSSR count). The predicted molar refractivity (Wildman–Crippen MR) is 84.0 cm³/mol. The molecule has 1 aliphatic rings. The van der Waals surface area contributed by atoms with E-state index in [9.17, 15) is 5.26 Å². The highest BCUT2D eigenvalue weighted by atomic mass is 16.7. The first-order valence-corrected chi connectivity index (χ1v) is 7.23. The molecule has 0 spiro atoms. The number of rotatable bonds is 2. The zero-order valence-corrected chi connectivity index (χ0v) is 13.2. The minimum absolute atomic E-state index is 0.411. The van der Waals surface area contributed by atoms with E-state index >= 15 is 0 Å². The van der Waals surface area contributed by atoms with Crippen LogP contribution in [0.4, 0.5) is 0 Å². The van der Waals surface area contributed by atoms with Gasteiger partial charge in [-0.2, -0.15) is 10.4 Å². The van der Waals surface area contributed by atoms with E-state index in [4.69, 9.17) is 9.31 Å². The summed E-state index contributed by atoms with van der Waals surface area (Å²) in [6.07, 6.45) is 3.54. The summed E-state index contributed by atoms with van der Waals surface area (Å²) < 4.78 is 13.8.